The topological polar surface area (TPSA) is 75.6 Å². The van der Waals surface area contributed by atoms with Crippen molar-refractivity contribution in [2.75, 3.05) is 6.61 Å². The third kappa shape index (κ3) is 6.78. The SMILES string of the molecule is CC(C)(CCC(=O)O)NC(=O)CCOc1ccccc1. The molecule has 0 fully saturated rings. The van der Waals surface area contributed by atoms with Crippen molar-refractivity contribution in [1.82, 2.24) is 5.32 Å². The summed E-state index contributed by atoms with van der Waals surface area (Å²) < 4.78 is 5.43. The molecule has 110 valence electrons. The van der Waals surface area contributed by atoms with Gasteiger partial charge in [-0.25, -0.2) is 0 Å². The predicted octanol–water partition coefficient (Wildman–Crippen LogP) is 2.22. The fraction of sp³-hybridized carbons (Fsp3) is 0.467. The molecule has 1 aromatic rings. The van der Waals surface area contributed by atoms with Gasteiger partial charge >= 0.3 is 5.97 Å². The standard InChI is InChI=1S/C15H21NO4/c1-15(2,10-8-14(18)19)16-13(17)9-11-20-12-6-4-3-5-7-12/h3-7H,8-11H2,1-2H3,(H,16,17)(H,18,19). The van der Waals surface area contributed by atoms with E-state index in [4.69, 9.17) is 9.84 Å². The summed E-state index contributed by atoms with van der Waals surface area (Å²) in [6.45, 7) is 3.92. The summed E-state index contributed by atoms with van der Waals surface area (Å²) >= 11 is 0. The second-order valence-electron chi connectivity index (χ2n) is 5.24. The molecule has 5 heteroatoms. The van der Waals surface area contributed by atoms with Crippen molar-refractivity contribution in [3.8, 4) is 5.75 Å². The number of carbonyl (C=O) groups is 2. The number of para-hydroxylation sites is 1. The molecular weight excluding hydrogens is 258 g/mol. The van der Waals surface area contributed by atoms with Gasteiger partial charge in [0.2, 0.25) is 5.91 Å². The van der Waals surface area contributed by atoms with Gasteiger partial charge in [-0.2, -0.15) is 0 Å². The molecule has 0 spiro atoms. The number of carboxylic acids is 1. The van der Waals surface area contributed by atoms with Crippen molar-refractivity contribution in [2.24, 2.45) is 0 Å². The number of carbonyl (C=O) groups excluding carboxylic acids is 1. The molecule has 1 rings (SSSR count). The Hall–Kier alpha value is -2.04. The first-order valence-corrected chi connectivity index (χ1v) is 6.60. The number of nitrogens with one attached hydrogen (secondary N) is 1. The largest absolute Gasteiger partial charge is 0.493 e. The van der Waals surface area contributed by atoms with Gasteiger partial charge < -0.3 is 15.2 Å². The molecule has 0 bridgehead atoms. The van der Waals surface area contributed by atoms with Crippen LogP contribution in [0.4, 0.5) is 0 Å². The van der Waals surface area contributed by atoms with E-state index >= 15 is 0 Å². The van der Waals surface area contributed by atoms with Crippen molar-refractivity contribution in [3.63, 3.8) is 0 Å². The maximum absolute atomic E-state index is 11.8. The summed E-state index contributed by atoms with van der Waals surface area (Å²) in [5, 5.41) is 11.5. The first-order valence-electron chi connectivity index (χ1n) is 6.60. The lowest BCUT2D eigenvalue weighted by molar-refractivity contribution is -0.137. The fourth-order valence-electron chi connectivity index (χ4n) is 1.70. The Morgan fingerprint density at radius 3 is 2.45 bits per heavy atom. The van der Waals surface area contributed by atoms with Crippen LogP contribution in [0.25, 0.3) is 0 Å². The van der Waals surface area contributed by atoms with Crippen LogP contribution >= 0.6 is 0 Å². The molecule has 20 heavy (non-hydrogen) atoms. The van der Waals surface area contributed by atoms with Gasteiger partial charge in [0, 0.05) is 12.0 Å². The zero-order valence-electron chi connectivity index (χ0n) is 11.9. The van der Waals surface area contributed by atoms with E-state index < -0.39 is 11.5 Å². The molecule has 0 radical (unpaired) electrons. The van der Waals surface area contributed by atoms with Crippen molar-refractivity contribution in [2.45, 2.75) is 38.6 Å². The molecule has 0 aliphatic heterocycles. The minimum absolute atomic E-state index is 0.0355. The van der Waals surface area contributed by atoms with Gasteiger partial charge in [0.05, 0.1) is 13.0 Å². The van der Waals surface area contributed by atoms with E-state index in [1.54, 1.807) is 0 Å². The molecular formula is C15H21NO4. The summed E-state index contributed by atoms with van der Waals surface area (Å²) in [6, 6.07) is 9.28. The number of ether oxygens (including phenoxy) is 1. The minimum atomic E-state index is -0.861. The summed E-state index contributed by atoms with van der Waals surface area (Å²) in [4.78, 5) is 22.3. The Labute approximate surface area is 118 Å². The van der Waals surface area contributed by atoms with E-state index in [9.17, 15) is 9.59 Å². The molecule has 0 aromatic heterocycles. The lowest BCUT2D eigenvalue weighted by atomic mass is 9.98. The van der Waals surface area contributed by atoms with Gasteiger partial charge in [-0.05, 0) is 32.4 Å². The van der Waals surface area contributed by atoms with Crippen molar-refractivity contribution < 1.29 is 19.4 Å². The Bertz CT molecular complexity index is 442. The van der Waals surface area contributed by atoms with Gasteiger partial charge in [0.25, 0.3) is 0 Å². The molecule has 0 saturated carbocycles. The number of benzene rings is 1. The van der Waals surface area contributed by atoms with Crippen LogP contribution in [0.2, 0.25) is 0 Å². The van der Waals surface area contributed by atoms with E-state index in [1.807, 2.05) is 44.2 Å². The Balaban J connectivity index is 2.27. The number of aliphatic carboxylic acids is 1. The van der Waals surface area contributed by atoms with E-state index in [0.717, 1.165) is 5.75 Å². The van der Waals surface area contributed by atoms with Gasteiger partial charge in [-0.1, -0.05) is 18.2 Å². The van der Waals surface area contributed by atoms with Crippen molar-refractivity contribution >= 4 is 11.9 Å². The molecule has 5 nitrogen and oxygen atoms in total. The third-order valence-electron chi connectivity index (χ3n) is 2.78. The Morgan fingerprint density at radius 1 is 1.20 bits per heavy atom. The molecule has 1 aromatic carbocycles. The highest BCUT2D eigenvalue weighted by molar-refractivity contribution is 5.77. The first kappa shape index (κ1) is 16.0. The van der Waals surface area contributed by atoms with Gasteiger partial charge in [0.1, 0.15) is 5.75 Å². The highest BCUT2D eigenvalue weighted by atomic mass is 16.5. The van der Waals surface area contributed by atoms with Gasteiger partial charge in [-0.3, -0.25) is 9.59 Å². The van der Waals surface area contributed by atoms with E-state index in [-0.39, 0.29) is 18.7 Å². The summed E-state index contributed by atoms with van der Waals surface area (Å²) in [7, 11) is 0. The number of rotatable bonds is 8. The summed E-state index contributed by atoms with van der Waals surface area (Å²) in [6.07, 6.45) is 0.673. The Morgan fingerprint density at radius 2 is 1.85 bits per heavy atom. The van der Waals surface area contributed by atoms with Gasteiger partial charge in [0.15, 0.2) is 0 Å². The Kier molecular flexibility index (Phi) is 6.03. The number of hydrogen-bond donors (Lipinski definition) is 2. The maximum Gasteiger partial charge on any atom is 0.303 e. The fourth-order valence-corrected chi connectivity index (χ4v) is 1.70. The van der Waals surface area contributed by atoms with E-state index in [2.05, 4.69) is 5.32 Å². The molecule has 0 saturated heterocycles. The molecule has 0 aliphatic rings. The number of carboxylic acid groups (broad SMARTS) is 1. The average molecular weight is 279 g/mol. The predicted molar refractivity (Wildman–Crippen MR) is 75.6 cm³/mol. The first-order chi connectivity index (χ1) is 9.39. The van der Waals surface area contributed by atoms with Crippen LogP contribution in [0.5, 0.6) is 5.75 Å². The lowest BCUT2D eigenvalue weighted by Gasteiger charge is -2.25. The van der Waals surface area contributed by atoms with Crippen molar-refractivity contribution in [3.05, 3.63) is 30.3 Å². The second kappa shape index (κ2) is 7.53. The third-order valence-corrected chi connectivity index (χ3v) is 2.78. The average Bonchev–Trinajstić information content (AvgIpc) is 2.37. The van der Waals surface area contributed by atoms with Crippen LogP contribution in [0.1, 0.15) is 33.1 Å². The molecule has 0 aliphatic carbocycles. The highest BCUT2D eigenvalue weighted by Gasteiger charge is 2.21. The zero-order chi connectivity index (χ0) is 15.0. The molecule has 0 heterocycles. The molecule has 1 amide bonds. The lowest BCUT2D eigenvalue weighted by Crippen LogP contribution is -2.44. The zero-order valence-corrected chi connectivity index (χ0v) is 11.9. The van der Waals surface area contributed by atoms with Crippen LogP contribution < -0.4 is 10.1 Å². The minimum Gasteiger partial charge on any atom is -0.493 e. The quantitative estimate of drug-likeness (QED) is 0.765. The molecule has 2 N–H and O–H groups in total. The van der Waals surface area contributed by atoms with Crippen LogP contribution in [-0.2, 0) is 9.59 Å². The molecule has 0 atom stereocenters. The number of hydrogen-bond acceptors (Lipinski definition) is 3. The smallest absolute Gasteiger partial charge is 0.303 e. The van der Waals surface area contributed by atoms with E-state index in [1.165, 1.54) is 0 Å². The summed E-state index contributed by atoms with van der Waals surface area (Å²) in [5.41, 5.74) is -0.526. The van der Waals surface area contributed by atoms with Gasteiger partial charge in [-0.15, -0.1) is 0 Å². The number of amides is 1. The summed E-state index contributed by atoms with van der Waals surface area (Å²) in [5.74, 6) is -0.276. The van der Waals surface area contributed by atoms with E-state index in [0.29, 0.717) is 13.0 Å². The normalized spacial score (nSPS) is 10.9. The second-order valence-corrected chi connectivity index (χ2v) is 5.24. The van der Waals surface area contributed by atoms with Crippen LogP contribution in [0.15, 0.2) is 30.3 Å². The van der Waals surface area contributed by atoms with Crippen LogP contribution in [0.3, 0.4) is 0 Å². The van der Waals surface area contributed by atoms with Crippen LogP contribution in [-0.4, -0.2) is 29.1 Å². The maximum atomic E-state index is 11.8. The molecule has 0 unspecified atom stereocenters. The monoisotopic (exact) mass is 279 g/mol. The van der Waals surface area contributed by atoms with Crippen LogP contribution in [0, 0.1) is 0 Å². The highest BCUT2D eigenvalue weighted by Crippen LogP contribution is 2.12. The van der Waals surface area contributed by atoms with Crippen molar-refractivity contribution in [1.29, 1.82) is 0 Å².